The lowest BCUT2D eigenvalue weighted by Gasteiger charge is -2.32. The highest BCUT2D eigenvalue weighted by atomic mass is 35.5. The van der Waals surface area contributed by atoms with Crippen LogP contribution in [0.1, 0.15) is 20.8 Å². The smallest absolute Gasteiger partial charge is 0.239 e. The number of hydrogen-bond donors (Lipinski definition) is 1. The van der Waals surface area contributed by atoms with Crippen molar-refractivity contribution in [2.24, 2.45) is 0 Å². The maximum absolute atomic E-state index is 12.0. The standard InChI is InChI=1S/C13H19ClN2O3S/c1-13(2,3)16(20(4,18)19)9-12(17)15-11-7-5-6-10(14)8-11/h5-8H,9H2,1-4H3,(H,15,17). The Morgan fingerprint density at radius 3 is 2.40 bits per heavy atom. The van der Waals surface area contributed by atoms with Crippen molar-refractivity contribution < 1.29 is 13.2 Å². The Kier molecular flexibility index (Phi) is 5.18. The summed E-state index contributed by atoms with van der Waals surface area (Å²) in [4.78, 5) is 12.0. The molecule has 0 fully saturated rings. The monoisotopic (exact) mass is 318 g/mol. The van der Waals surface area contributed by atoms with E-state index in [2.05, 4.69) is 5.32 Å². The van der Waals surface area contributed by atoms with E-state index in [1.165, 1.54) is 0 Å². The van der Waals surface area contributed by atoms with Crippen LogP contribution in [0.3, 0.4) is 0 Å². The summed E-state index contributed by atoms with van der Waals surface area (Å²) < 4.78 is 24.6. The molecule has 7 heteroatoms. The van der Waals surface area contributed by atoms with E-state index in [-0.39, 0.29) is 6.54 Å². The zero-order chi connectivity index (χ0) is 15.6. The molecule has 0 bridgehead atoms. The summed E-state index contributed by atoms with van der Waals surface area (Å²) in [5.41, 5.74) is -0.135. The van der Waals surface area contributed by atoms with Gasteiger partial charge in [-0.1, -0.05) is 17.7 Å². The average molecular weight is 319 g/mol. The molecule has 0 atom stereocenters. The molecule has 1 aromatic carbocycles. The topological polar surface area (TPSA) is 66.5 Å². The van der Waals surface area contributed by atoms with Crippen molar-refractivity contribution in [3.63, 3.8) is 0 Å². The Labute approximate surface area is 125 Å². The van der Waals surface area contributed by atoms with E-state index in [4.69, 9.17) is 11.6 Å². The predicted octanol–water partition coefficient (Wildman–Crippen LogP) is 2.34. The molecule has 0 saturated carbocycles. The van der Waals surface area contributed by atoms with Crippen LogP contribution in [-0.4, -0.2) is 37.0 Å². The minimum atomic E-state index is -3.47. The third-order valence-corrected chi connectivity index (χ3v) is 4.26. The molecule has 1 aromatic rings. The van der Waals surface area contributed by atoms with Gasteiger partial charge >= 0.3 is 0 Å². The van der Waals surface area contributed by atoms with Gasteiger partial charge in [-0.3, -0.25) is 4.79 Å². The largest absolute Gasteiger partial charge is 0.325 e. The number of nitrogens with one attached hydrogen (secondary N) is 1. The van der Waals surface area contributed by atoms with Gasteiger partial charge in [-0.2, -0.15) is 4.31 Å². The predicted molar refractivity (Wildman–Crippen MR) is 81.4 cm³/mol. The minimum Gasteiger partial charge on any atom is -0.325 e. The lowest BCUT2D eigenvalue weighted by molar-refractivity contribution is -0.117. The van der Waals surface area contributed by atoms with Crippen molar-refractivity contribution in [3.05, 3.63) is 29.3 Å². The van der Waals surface area contributed by atoms with Gasteiger partial charge in [0, 0.05) is 16.2 Å². The summed E-state index contributed by atoms with van der Waals surface area (Å²) in [5.74, 6) is -0.410. The number of amides is 1. The molecule has 1 amide bonds. The zero-order valence-corrected chi connectivity index (χ0v) is 13.5. The number of nitrogens with zero attached hydrogens (tertiary/aromatic N) is 1. The number of hydrogen-bond acceptors (Lipinski definition) is 3. The summed E-state index contributed by atoms with van der Waals surface area (Å²) in [6.07, 6.45) is 1.09. The molecule has 5 nitrogen and oxygen atoms in total. The fourth-order valence-electron chi connectivity index (χ4n) is 1.75. The quantitative estimate of drug-likeness (QED) is 0.926. The van der Waals surface area contributed by atoms with Gasteiger partial charge in [0.25, 0.3) is 0 Å². The van der Waals surface area contributed by atoms with Gasteiger partial charge in [0.1, 0.15) is 0 Å². The van der Waals surface area contributed by atoms with E-state index in [1.54, 1.807) is 45.0 Å². The van der Waals surface area contributed by atoms with E-state index < -0.39 is 21.5 Å². The number of benzene rings is 1. The molecule has 0 aromatic heterocycles. The Hall–Kier alpha value is -1.11. The third-order valence-electron chi connectivity index (χ3n) is 2.54. The van der Waals surface area contributed by atoms with Gasteiger partial charge in [0.05, 0.1) is 12.8 Å². The van der Waals surface area contributed by atoms with Crippen LogP contribution in [0.15, 0.2) is 24.3 Å². The van der Waals surface area contributed by atoms with Gasteiger partial charge < -0.3 is 5.32 Å². The molecule has 0 saturated heterocycles. The van der Waals surface area contributed by atoms with Crippen LogP contribution in [0.25, 0.3) is 0 Å². The van der Waals surface area contributed by atoms with Gasteiger partial charge in [-0.25, -0.2) is 8.42 Å². The van der Waals surface area contributed by atoms with Crippen molar-refractivity contribution in [2.75, 3.05) is 18.1 Å². The molecular formula is C13H19ClN2O3S. The van der Waals surface area contributed by atoms with Crippen molar-refractivity contribution in [1.29, 1.82) is 0 Å². The lowest BCUT2D eigenvalue weighted by atomic mass is 10.1. The summed E-state index contributed by atoms with van der Waals surface area (Å²) in [6, 6.07) is 6.68. The highest BCUT2D eigenvalue weighted by Gasteiger charge is 2.31. The van der Waals surface area contributed by atoms with Crippen molar-refractivity contribution in [2.45, 2.75) is 26.3 Å². The Morgan fingerprint density at radius 1 is 1.35 bits per heavy atom. The molecule has 1 rings (SSSR count). The van der Waals surface area contributed by atoms with Crippen LogP contribution in [-0.2, 0) is 14.8 Å². The first-order valence-electron chi connectivity index (χ1n) is 6.03. The van der Waals surface area contributed by atoms with Gasteiger partial charge in [0.2, 0.25) is 15.9 Å². The Morgan fingerprint density at radius 2 is 1.95 bits per heavy atom. The molecule has 0 spiro atoms. The number of rotatable bonds is 4. The summed E-state index contributed by atoms with van der Waals surface area (Å²) in [5, 5.41) is 3.13. The normalized spacial score (nSPS) is 12.5. The molecule has 20 heavy (non-hydrogen) atoms. The molecule has 0 radical (unpaired) electrons. The fraction of sp³-hybridized carbons (Fsp3) is 0.462. The number of carbonyl (C=O) groups is 1. The first kappa shape index (κ1) is 16.9. The van der Waals surface area contributed by atoms with E-state index in [0.717, 1.165) is 10.6 Å². The van der Waals surface area contributed by atoms with Crippen LogP contribution in [0.4, 0.5) is 5.69 Å². The van der Waals surface area contributed by atoms with Crippen LogP contribution in [0, 0.1) is 0 Å². The second-order valence-corrected chi connectivity index (χ2v) is 7.84. The molecule has 0 aliphatic carbocycles. The van der Waals surface area contributed by atoms with Crippen LogP contribution in [0.2, 0.25) is 5.02 Å². The van der Waals surface area contributed by atoms with E-state index in [0.29, 0.717) is 10.7 Å². The number of halogens is 1. The number of sulfonamides is 1. The number of carbonyl (C=O) groups excluding carboxylic acids is 1. The minimum absolute atomic E-state index is 0.241. The highest BCUT2D eigenvalue weighted by Crippen LogP contribution is 2.18. The first-order valence-corrected chi connectivity index (χ1v) is 8.26. The maximum atomic E-state index is 12.0. The summed E-state index contributed by atoms with van der Waals surface area (Å²) in [6.45, 7) is 4.97. The maximum Gasteiger partial charge on any atom is 0.239 e. The molecule has 0 aliphatic heterocycles. The molecule has 0 heterocycles. The van der Waals surface area contributed by atoms with Crippen LogP contribution >= 0.6 is 11.6 Å². The van der Waals surface area contributed by atoms with Gasteiger partial charge in [-0.15, -0.1) is 0 Å². The second-order valence-electron chi connectivity index (χ2n) is 5.50. The van der Waals surface area contributed by atoms with Crippen LogP contribution < -0.4 is 5.32 Å². The van der Waals surface area contributed by atoms with Gasteiger partial charge in [-0.05, 0) is 39.0 Å². The average Bonchev–Trinajstić information content (AvgIpc) is 2.22. The van der Waals surface area contributed by atoms with Crippen molar-refractivity contribution in [1.82, 2.24) is 4.31 Å². The Balaban J connectivity index is 2.83. The van der Waals surface area contributed by atoms with Crippen LogP contribution in [0.5, 0.6) is 0 Å². The summed E-state index contributed by atoms with van der Waals surface area (Å²) >= 11 is 5.82. The number of anilines is 1. The van der Waals surface area contributed by atoms with E-state index in [9.17, 15) is 13.2 Å². The Bertz CT molecular complexity index is 594. The zero-order valence-electron chi connectivity index (χ0n) is 12.0. The van der Waals surface area contributed by atoms with E-state index >= 15 is 0 Å². The summed E-state index contributed by atoms with van der Waals surface area (Å²) in [7, 11) is -3.47. The first-order chi connectivity index (χ1) is 9.00. The lowest BCUT2D eigenvalue weighted by Crippen LogP contribution is -2.48. The fourth-order valence-corrected chi connectivity index (χ4v) is 3.29. The van der Waals surface area contributed by atoms with Gasteiger partial charge in [0.15, 0.2) is 0 Å². The second kappa shape index (κ2) is 6.11. The van der Waals surface area contributed by atoms with Crippen molar-refractivity contribution >= 4 is 33.2 Å². The van der Waals surface area contributed by atoms with Crippen molar-refractivity contribution in [3.8, 4) is 0 Å². The third kappa shape index (κ3) is 5.11. The highest BCUT2D eigenvalue weighted by molar-refractivity contribution is 7.88. The SMILES string of the molecule is CC(C)(C)N(CC(=O)Nc1cccc(Cl)c1)S(C)(=O)=O. The molecular weight excluding hydrogens is 300 g/mol. The molecule has 0 aliphatic rings. The molecule has 0 unspecified atom stereocenters. The molecule has 112 valence electrons. The van der Waals surface area contributed by atoms with E-state index in [1.807, 2.05) is 0 Å². The molecule has 1 N–H and O–H groups in total.